The number of aryl methyl sites for hydroxylation is 3. The summed E-state index contributed by atoms with van der Waals surface area (Å²) in [6.45, 7) is 5.75. The molecule has 0 aliphatic carbocycles. The molecule has 2 rings (SSSR count). The molecule has 0 radical (unpaired) electrons. The third-order valence-electron chi connectivity index (χ3n) is 3.93. The molecule has 0 saturated carbocycles. The van der Waals surface area contributed by atoms with E-state index < -0.39 is 11.6 Å². The van der Waals surface area contributed by atoms with Crippen LogP contribution in [0.4, 0.5) is 8.78 Å². The van der Waals surface area contributed by atoms with Gasteiger partial charge in [0, 0.05) is 17.7 Å². The molecule has 0 spiro atoms. The number of hydrogen-bond donors (Lipinski definition) is 1. The van der Waals surface area contributed by atoms with Crippen LogP contribution in [0.25, 0.3) is 0 Å². The second-order valence-corrected chi connectivity index (χ2v) is 5.60. The molecule has 2 aromatic carbocycles. The number of hydrogen-bond acceptors (Lipinski definition) is 1. The van der Waals surface area contributed by atoms with Gasteiger partial charge in [-0.2, -0.15) is 0 Å². The van der Waals surface area contributed by atoms with Crippen molar-refractivity contribution in [3.63, 3.8) is 0 Å². The van der Waals surface area contributed by atoms with E-state index >= 15 is 0 Å². The van der Waals surface area contributed by atoms with Gasteiger partial charge in [0.15, 0.2) is 0 Å². The van der Waals surface area contributed by atoms with E-state index in [0.29, 0.717) is 17.5 Å². The molecule has 21 heavy (non-hydrogen) atoms. The predicted octanol–water partition coefficient (Wildman–Crippen LogP) is 4.39. The fourth-order valence-electron chi connectivity index (χ4n) is 2.55. The molecule has 1 nitrogen and oxygen atoms in total. The first-order valence-electron chi connectivity index (χ1n) is 7.11. The van der Waals surface area contributed by atoms with Gasteiger partial charge in [-0.25, -0.2) is 8.78 Å². The summed E-state index contributed by atoms with van der Waals surface area (Å²) in [6.07, 6.45) is 0.673. The Morgan fingerprint density at radius 3 is 2.33 bits per heavy atom. The maximum Gasteiger partial charge on any atom is 0.130 e. The monoisotopic (exact) mass is 289 g/mol. The van der Waals surface area contributed by atoms with E-state index in [4.69, 9.17) is 0 Å². The molecule has 0 amide bonds. The minimum Gasteiger partial charge on any atom is -0.313 e. The average Bonchev–Trinajstić information content (AvgIpc) is 2.44. The molecule has 0 saturated heterocycles. The Morgan fingerprint density at radius 1 is 0.952 bits per heavy atom. The highest BCUT2D eigenvalue weighted by atomic mass is 19.1. The number of rotatable bonds is 4. The van der Waals surface area contributed by atoms with E-state index in [1.54, 1.807) is 20.0 Å². The first-order chi connectivity index (χ1) is 9.92. The van der Waals surface area contributed by atoms with Gasteiger partial charge in [-0.15, -0.1) is 0 Å². The molecule has 0 aliphatic heterocycles. The molecule has 0 heterocycles. The maximum absolute atomic E-state index is 14.1. The van der Waals surface area contributed by atoms with Crippen molar-refractivity contribution in [2.75, 3.05) is 7.05 Å². The van der Waals surface area contributed by atoms with Crippen molar-refractivity contribution < 1.29 is 8.78 Å². The fourth-order valence-corrected chi connectivity index (χ4v) is 2.55. The second kappa shape index (κ2) is 6.35. The van der Waals surface area contributed by atoms with Crippen LogP contribution in [0, 0.1) is 32.4 Å². The van der Waals surface area contributed by atoms with E-state index in [2.05, 4.69) is 23.5 Å². The van der Waals surface area contributed by atoms with Crippen molar-refractivity contribution in [3.8, 4) is 0 Å². The summed E-state index contributed by atoms with van der Waals surface area (Å²) in [5.41, 5.74) is 4.52. The number of likely N-dealkylation sites (N-methyl/N-ethyl adjacent to an activating group) is 1. The molecule has 1 unspecified atom stereocenters. The van der Waals surface area contributed by atoms with Crippen LogP contribution in [-0.2, 0) is 6.42 Å². The summed E-state index contributed by atoms with van der Waals surface area (Å²) in [7, 11) is 1.80. The van der Waals surface area contributed by atoms with E-state index in [1.165, 1.54) is 16.7 Å². The SMILES string of the molecule is CNC(Cc1cc(C)ccc1C)c1cc(C)c(F)cc1F. The van der Waals surface area contributed by atoms with Crippen LogP contribution in [0.1, 0.15) is 33.9 Å². The van der Waals surface area contributed by atoms with Crippen LogP contribution in [0.5, 0.6) is 0 Å². The highest BCUT2D eigenvalue weighted by Gasteiger charge is 2.17. The van der Waals surface area contributed by atoms with Gasteiger partial charge < -0.3 is 5.32 Å². The van der Waals surface area contributed by atoms with Crippen LogP contribution in [-0.4, -0.2) is 7.05 Å². The summed E-state index contributed by atoms with van der Waals surface area (Å²) < 4.78 is 27.5. The van der Waals surface area contributed by atoms with Gasteiger partial charge in [-0.05, 0) is 57.0 Å². The molecule has 1 N–H and O–H groups in total. The zero-order valence-corrected chi connectivity index (χ0v) is 12.9. The van der Waals surface area contributed by atoms with Crippen molar-refractivity contribution in [2.45, 2.75) is 33.2 Å². The van der Waals surface area contributed by atoms with Crippen LogP contribution >= 0.6 is 0 Å². The Hall–Kier alpha value is -1.74. The Balaban J connectivity index is 2.36. The topological polar surface area (TPSA) is 12.0 Å². The van der Waals surface area contributed by atoms with Crippen molar-refractivity contribution in [2.24, 2.45) is 0 Å². The summed E-state index contributed by atoms with van der Waals surface area (Å²) in [5, 5.41) is 3.14. The van der Waals surface area contributed by atoms with Crippen molar-refractivity contribution in [1.82, 2.24) is 5.32 Å². The molecule has 112 valence electrons. The zero-order valence-electron chi connectivity index (χ0n) is 12.9. The number of halogens is 2. The van der Waals surface area contributed by atoms with E-state index in [9.17, 15) is 8.78 Å². The molecular formula is C18H21F2N. The largest absolute Gasteiger partial charge is 0.313 e. The Bertz CT molecular complexity index is 650. The van der Waals surface area contributed by atoms with Crippen LogP contribution in [0.15, 0.2) is 30.3 Å². The first-order valence-corrected chi connectivity index (χ1v) is 7.11. The predicted molar refractivity (Wildman–Crippen MR) is 82.5 cm³/mol. The average molecular weight is 289 g/mol. The molecule has 0 aliphatic rings. The highest BCUT2D eigenvalue weighted by Crippen LogP contribution is 2.25. The minimum absolute atomic E-state index is 0.176. The molecule has 2 aromatic rings. The highest BCUT2D eigenvalue weighted by molar-refractivity contribution is 5.34. The summed E-state index contributed by atoms with van der Waals surface area (Å²) in [6, 6.07) is 8.65. The zero-order chi connectivity index (χ0) is 15.6. The van der Waals surface area contributed by atoms with Crippen molar-refractivity contribution >= 4 is 0 Å². The normalized spacial score (nSPS) is 12.5. The quantitative estimate of drug-likeness (QED) is 0.880. The lowest BCUT2D eigenvalue weighted by Crippen LogP contribution is -2.21. The summed E-state index contributed by atoms with van der Waals surface area (Å²) in [5.74, 6) is -0.999. The van der Waals surface area contributed by atoms with Gasteiger partial charge in [0.25, 0.3) is 0 Å². The first kappa shape index (κ1) is 15.6. The van der Waals surface area contributed by atoms with Crippen molar-refractivity contribution in [3.05, 3.63) is 69.8 Å². The smallest absolute Gasteiger partial charge is 0.130 e. The third kappa shape index (κ3) is 3.48. The fraction of sp³-hybridized carbons (Fsp3) is 0.333. The summed E-state index contributed by atoms with van der Waals surface area (Å²) >= 11 is 0. The van der Waals surface area contributed by atoms with Gasteiger partial charge in [-0.3, -0.25) is 0 Å². The van der Waals surface area contributed by atoms with Crippen molar-refractivity contribution in [1.29, 1.82) is 0 Å². The lowest BCUT2D eigenvalue weighted by molar-refractivity contribution is 0.518. The van der Waals surface area contributed by atoms with Crippen LogP contribution in [0.3, 0.4) is 0 Å². The number of benzene rings is 2. The van der Waals surface area contributed by atoms with E-state index in [1.807, 2.05) is 13.8 Å². The van der Waals surface area contributed by atoms with Crippen LogP contribution < -0.4 is 5.32 Å². The lowest BCUT2D eigenvalue weighted by Gasteiger charge is -2.20. The molecule has 0 fully saturated rings. The maximum atomic E-state index is 14.1. The van der Waals surface area contributed by atoms with Gasteiger partial charge in [0.05, 0.1) is 0 Å². The Labute approximate surface area is 125 Å². The summed E-state index contributed by atoms with van der Waals surface area (Å²) in [4.78, 5) is 0. The lowest BCUT2D eigenvalue weighted by atomic mass is 9.94. The molecule has 3 heteroatoms. The Kier molecular flexibility index (Phi) is 4.73. The molecule has 0 aromatic heterocycles. The molecule has 0 bridgehead atoms. The molecule has 1 atom stereocenters. The van der Waals surface area contributed by atoms with Gasteiger partial charge >= 0.3 is 0 Å². The van der Waals surface area contributed by atoms with Gasteiger partial charge in [0.2, 0.25) is 0 Å². The molecular weight excluding hydrogens is 268 g/mol. The van der Waals surface area contributed by atoms with E-state index in [-0.39, 0.29) is 6.04 Å². The minimum atomic E-state index is -0.502. The van der Waals surface area contributed by atoms with E-state index in [0.717, 1.165) is 6.07 Å². The van der Waals surface area contributed by atoms with Gasteiger partial charge in [0.1, 0.15) is 11.6 Å². The second-order valence-electron chi connectivity index (χ2n) is 5.60. The number of nitrogens with one attached hydrogen (secondary N) is 1. The standard InChI is InChI=1S/C18H21F2N/c1-11-5-6-12(2)14(7-11)9-18(21-4)15-8-13(3)16(19)10-17(15)20/h5-8,10,18,21H,9H2,1-4H3. The third-order valence-corrected chi connectivity index (χ3v) is 3.93. The van der Waals surface area contributed by atoms with Gasteiger partial charge in [-0.1, -0.05) is 23.8 Å². The Morgan fingerprint density at radius 2 is 1.67 bits per heavy atom. The van der Waals surface area contributed by atoms with Crippen LogP contribution in [0.2, 0.25) is 0 Å².